The van der Waals surface area contributed by atoms with Gasteiger partial charge in [-0.1, -0.05) is 15.9 Å². The van der Waals surface area contributed by atoms with Gasteiger partial charge in [0.2, 0.25) is 0 Å². The lowest BCUT2D eigenvalue weighted by molar-refractivity contribution is 0.152. The van der Waals surface area contributed by atoms with Gasteiger partial charge in [0, 0.05) is 10.5 Å². The lowest BCUT2D eigenvalue weighted by Gasteiger charge is -2.16. The SMILES string of the molecule is C[C@H](N)[C@H](O)c1cc(O)ccc1Br. The van der Waals surface area contributed by atoms with E-state index in [0.29, 0.717) is 5.56 Å². The van der Waals surface area contributed by atoms with Crippen molar-refractivity contribution in [3.8, 4) is 5.75 Å². The Morgan fingerprint density at radius 2 is 2.08 bits per heavy atom. The summed E-state index contributed by atoms with van der Waals surface area (Å²) >= 11 is 3.27. The quantitative estimate of drug-likeness (QED) is 0.741. The first-order valence-electron chi connectivity index (χ1n) is 3.94. The van der Waals surface area contributed by atoms with Crippen LogP contribution in [0, 0.1) is 0 Å². The van der Waals surface area contributed by atoms with Crippen LogP contribution in [0.3, 0.4) is 0 Å². The fourth-order valence-electron chi connectivity index (χ4n) is 1.04. The highest BCUT2D eigenvalue weighted by atomic mass is 79.9. The minimum Gasteiger partial charge on any atom is -0.508 e. The van der Waals surface area contributed by atoms with E-state index in [4.69, 9.17) is 5.73 Å². The fourth-order valence-corrected chi connectivity index (χ4v) is 1.52. The highest BCUT2D eigenvalue weighted by Gasteiger charge is 2.15. The van der Waals surface area contributed by atoms with E-state index in [0.717, 1.165) is 4.47 Å². The van der Waals surface area contributed by atoms with Gasteiger partial charge in [-0.3, -0.25) is 0 Å². The first kappa shape index (κ1) is 10.5. The van der Waals surface area contributed by atoms with Crippen LogP contribution >= 0.6 is 15.9 Å². The van der Waals surface area contributed by atoms with Gasteiger partial charge >= 0.3 is 0 Å². The molecule has 72 valence electrons. The van der Waals surface area contributed by atoms with Crippen LogP contribution in [0.15, 0.2) is 22.7 Å². The molecule has 0 aliphatic heterocycles. The number of aromatic hydroxyl groups is 1. The molecule has 2 atom stereocenters. The molecule has 0 unspecified atom stereocenters. The molecule has 0 saturated heterocycles. The Labute approximate surface area is 85.3 Å². The van der Waals surface area contributed by atoms with Crippen molar-refractivity contribution < 1.29 is 10.2 Å². The van der Waals surface area contributed by atoms with Crippen LogP contribution in [0.2, 0.25) is 0 Å². The fraction of sp³-hybridized carbons (Fsp3) is 0.333. The predicted molar refractivity (Wildman–Crippen MR) is 54.4 cm³/mol. The van der Waals surface area contributed by atoms with Crippen LogP contribution in [-0.2, 0) is 0 Å². The zero-order chi connectivity index (χ0) is 10.0. The number of hydrogen-bond acceptors (Lipinski definition) is 3. The van der Waals surface area contributed by atoms with E-state index in [1.807, 2.05) is 0 Å². The largest absolute Gasteiger partial charge is 0.508 e. The number of aliphatic hydroxyl groups is 1. The highest BCUT2D eigenvalue weighted by Crippen LogP contribution is 2.28. The van der Waals surface area contributed by atoms with E-state index in [1.54, 1.807) is 19.1 Å². The summed E-state index contributed by atoms with van der Waals surface area (Å²) in [6, 6.07) is 4.36. The summed E-state index contributed by atoms with van der Waals surface area (Å²) in [5, 5.41) is 18.8. The van der Waals surface area contributed by atoms with Crippen LogP contribution in [0.5, 0.6) is 5.75 Å². The normalized spacial score (nSPS) is 15.4. The van der Waals surface area contributed by atoms with E-state index in [2.05, 4.69) is 15.9 Å². The average molecular weight is 246 g/mol. The van der Waals surface area contributed by atoms with Gasteiger partial charge in [-0.2, -0.15) is 0 Å². The van der Waals surface area contributed by atoms with Crippen molar-refractivity contribution in [1.29, 1.82) is 0 Å². The molecule has 0 radical (unpaired) electrons. The van der Waals surface area contributed by atoms with Crippen molar-refractivity contribution in [3.05, 3.63) is 28.2 Å². The molecule has 0 amide bonds. The molecule has 0 bridgehead atoms. The van der Waals surface area contributed by atoms with E-state index in [-0.39, 0.29) is 11.8 Å². The third kappa shape index (κ3) is 2.43. The molecule has 0 spiro atoms. The molecule has 1 aromatic rings. The number of aliphatic hydroxyl groups excluding tert-OH is 1. The molecule has 13 heavy (non-hydrogen) atoms. The second kappa shape index (κ2) is 4.09. The molecule has 1 rings (SSSR count). The monoisotopic (exact) mass is 245 g/mol. The lowest BCUT2D eigenvalue weighted by Crippen LogP contribution is -2.24. The molecule has 4 N–H and O–H groups in total. The Morgan fingerprint density at radius 1 is 1.46 bits per heavy atom. The number of halogens is 1. The van der Waals surface area contributed by atoms with E-state index < -0.39 is 6.10 Å². The van der Waals surface area contributed by atoms with Gasteiger partial charge < -0.3 is 15.9 Å². The minimum absolute atomic E-state index is 0.123. The first-order valence-corrected chi connectivity index (χ1v) is 4.73. The summed E-state index contributed by atoms with van der Waals surface area (Å²) in [6.45, 7) is 1.71. The lowest BCUT2D eigenvalue weighted by atomic mass is 10.0. The number of phenols is 1. The summed E-state index contributed by atoms with van der Waals surface area (Å²) < 4.78 is 0.745. The minimum atomic E-state index is -0.763. The Morgan fingerprint density at radius 3 is 2.62 bits per heavy atom. The zero-order valence-corrected chi connectivity index (χ0v) is 8.82. The maximum atomic E-state index is 9.64. The van der Waals surface area contributed by atoms with E-state index in [1.165, 1.54) is 6.07 Å². The third-order valence-corrected chi connectivity index (χ3v) is 2.52. The standard InChI is InChI=1S/C9H12BrNO2/c1-5(11)9(13)7-4-6(12)2-3-8(7)10/h2-5,9,12-13H,11H2,1H3/t5-,9-/m0/s1. The second-order valence-electron chi connectivity index (χ2n) is 3.01. The van der Waals surface area contributed by atoms with Gasteiger partial charge in [0.25, 0.3) is 0 Å². The van der Waals surface area contributed by atoms with Crippen molar-refractivity contribution in [2.75, 3.05) is 0 Å². The van der Waals surface area contributed by atoms with Crippen LogP contribution < -0.4 is 5.73 Å². The number of phenolic OH excluding ortho intramolecular Hbond substituents is 1. The number of nitrogens with two attached hydrogens (primary N) is 1. The maximum absolute atomic E-state index is 9.64. The van der Waals surface area contributed by atoms with Crippen molar-refractivity contribution in [2.24, 2.45) is 5.73 Å². The molecule has 3 nitrogen and oxygen atoms in total. The summed E-state index contributed by atoms with van der Waals surface area (Å²) in [5.74, 6) is 0.123. The molecule has 4 heteroatoms. The van der Waals surface area contributed by atoms with Gasteiger partial charge in [0.15, 0.2) is 0 Å². The van der Waals surface area contributed by atoms with E-state index in [9.17, 15) is 10.2 Å². The summed E-state index contributed by atoms with van der Waals surface area (Å²) in [6.07, 6.45) is -0.763. The predicted octanol–water partition coefficient (Wildman–Crippen LogP) is 1.54. The van der Waals surface area contributed by atoms with Gasteiger partial charge in [0.05, 0.1) is 6.10 Å². The second-order valence-corrected chi connectivity index (χ2v) is 3.86. The Hall–Kier alpha value is -0.580. The molecule has 0 aliphatic rings. The molecule has 0 heterocycles. The van der Waals surface area contributed by atoms with Crippen molar-refractivity contribution in [3.63, 3.8) is 0 Å². The van der Waals surface area contributed by atoms with Crippen molar-refractivity contribution >= 4 is 15.9 Å². The smallest absolute Gasteiger partial charge is 0.116 e. The van der Waals surface area contributed by atoms with Crippen LogP contribution in [0.1, 0.15) is 18.6 Å². The van der Waals surface area contributed by atoms with Crippen LogP contribution in [-0.4, -0.2) is 16.3 Å². The molecule has 0 aliphatic carbocycles. The zero-order valence-electron chi connectivity index (χ0n) is 7.24. The van der Waals surface area contributed by atoms with Gasteiger partial charge in [-0.15, -0.1) is 0 Å². The Bertz CT molecular complexity index is 302. The summed E-state index contributed by atoms with van der Waals surface area (Å²) in [7, 11) is 0. The Kier molecular flexibility index (Phi) is 3.30. The average Bonchev–Trinajstić information content (AvgIpc) is 2.08. The summed E-state index contributed by atoms with van der Waals surface area (Å²) in [5.41, 5.74) is 6.14. The number of hydrogen-bond donors (Lipinski definition) is 3. The molecular formula is C9H12BrNO2. The molecular weight excluding hydrogens is 234 g/mol. The highest BCUT2D eigenvalue weighted by molar-refractivity contribution is 9.10. The number of benzene rings is 1. The topological polar surface area (TPSA) is 66.5 Å². The van der Waals surface area contributed by atoms with E-state index >= 15 is 0 Å². The maximum Gasteiger partial charge on any atom is 0.116 e. The Balaban J connectivity index is 3.05. The molecule has 1 aromatic carbocycles. The number of rotatable bonds is 2. The van der Waals surface area contributed by atoms with Crippen LogP contribution in [0.4, 0.5) is 0 Å². The molecule has 0 fully saturated rings. The van der Waals surface area contributed by atoms with Crippen molar-refractivity contribution in [1.82, 2.24) is 0 Å². The van der Waals surface area contributed by atoms with Gasteiger partial charge in [-0.05, 0) is 30.7 Å². The van der Waals surface area contributed by atoms with Gasteiger partial charge in [0.1, 0.15) is 5.75 Å². The summed E-state index contributed by atoms with van der Waals surface area (Å²) in [4.78, 5) is 0. The molecule has 0 aromatic heterocycles. The third-order valence-electron chi connectivity index (χ3n) is 1.80. The van der Waals surface area contributed by atoms with Crippen LogP contribution in [0.25, 0.3) is 0 Å². The van der Waals surface area contributed by atoms with Gasteiger partial charge in [-0.25, -0.2) is 0 Å². The first-order chi connectivity index (χ1) is 6.02. The molecule has 0 saturated carbocycles. The van der Waals surface area contributed by atoms with Crippen molar-refractivity contribution in [2.45, 2.75) is 19.1 Å².